The van der Waals surface area contributed by atoms with Crippen LogP contribution in [0.4, 0.5) is 10.1 Å². The molecule has 0 radical (unpaired) electrons. The zero-order chi connectivity index (χ0) is 18.2. The smallest absolute Gasteiger partial charge is 0.303 e. The van der Waals surface area contributed by atoms with Crippen molar-refractivity contribution in [1.82, 2.24) is 0 Å². The van der Waals surface area contributed by atoms with Gasteiger partial charge in [-0.2, -0.15) is 0 Å². The summed E-state index contributed by atoms with van der Waals surface area (Å²) in [6, 6.07) is 13.4. The molecule has 0 fully saturated rings. The molecule has 25 heavy (non-hydrogen) atoms. The van der Waals surface area contributed by atoms with Gasteiger partial charge in [0.05, 0.1) is 0 Å². The van der Waals surface area contributed by atoms with Crippen LogP contribution in [0.5, 0.6) is 0 Å². The fourth-order valence-corrected chi connectivity index (χ4v) is 3.07. The number of rotatable bonds is 8. The number of carboxylic acids is 1. The van der Waals surface area contributed by atoms with Gasteiger partial charge in [0.15, 0.2) is 0 Å². The SMILES string of the molecule is CC(CSc1ccc(F)cc1)C(=O)Nc1cccc(CCC(=O)O)c1. The number of aryl methyl sites for hydroxylation is 1. The van der Waals surface area contributed by atoms with Crippen LogP contribution in [0.1, 0.15) is 18.9 Å². The second-order valence-corrected chi connectivity index (χ2v) is 6.84. The first-order chi connectivity index (χ1) is 11.9. The van der Waals surface area contributed by atoms with Crippen LogP contribution in [-0.4, -0.2) is 22.7 Å². The molecule has 0 bridgehead atoms. The lowest BCUT2D eigenvalue weighted by Crippen LogP contribution is -2.22. The Labute approximate surface area is 150 Å². The molecule has 0 aliphatic carbocycles. The average Bonchev–Trinajstić information content (AvgIpc) is 2.59. The molecule has 4 nitrogen and oxygen atoms in total. The van der Waals surface area contributed by atoms with E-state index in [0.29, 0.717) is 17.9 Å². The Morgan fingerprint density at radius 2 is 1.92 bits per heavy atom. The molecule has 0 aromatic heterocycles. The Morgan fingerprint density at radius 1 is 1.20 bits per heavy atom. The van der Waals surface area contributed by atoms with E-state index in [9.17, 15) is 14.0 Å². The quantitative estimate of drug-likeness (QED) is 0.691. The van der Waals surface area contributed by atoms with Crippen molar-refractivity contribution < 1.29 is 19.1 Å². The maximum Gasteiger partial charge on any atom is 0.303 e. The van der Waals surface area contributed by atoms with Gasteiger partial charge in [-0.05, 0) is 48.4 Å². The van der Waals surface area contributed by atoms with E-state index in [0.717, 1.165) is 10.5 Å². The Morgan fingerprint density at radius 3 is 2.60 bits per heavy atom. The number of hydrogen-bond acceptors (Lipinski definition) is 3. The summed E-state index contributed by atoms with van der Waals surface area (Å²) < 4.78 is 12.9. The van der Waals surface area contributed by atoms with Gasteiger partial charge in [-0.15, -0.1) is 11.8 Å². The number of anilines is 1. The second-order valence-electron chi connectivity index (χ2n) is 5.75. The van der Waals surface area contributed by atoms with Crippen molar-refractivity contribution in [2.45, 2.75) is 24.7 Å². The number of aliphatic carboxylic acids is 1. The lowest BCUT2D eigenvalue weighted by atomic mass is 10.1. The number of carbonyl (C=O) groups is 2. The minimum atomic E-state index is -0.846. The van der Waals surface area contributed by atoms with Crippen LogP contribution in [-0.2, 0) is 16.0 Å². The number of nitrogens with one attached hydrogen (secondary N) is 1. The standard InChI is InChI=1S/C19H20FNO3S/c1-13(12-25-17-8-6-15(20)7-9-17)19(24)21-16-4-2-3-14(11-16)5-10-18(22)23/h2-4,6-9,11,13H,5,10,12H2,1H3,(H,21,24)(H,22,23). The third kappa shape index (κ3) is 6.58. The van der Waals surface area contributed by atoms with Crippen LogP contribution < -0.4 is 5.32 Å². The van der Waals surface area contributed by atoms with Crippen LogP contribution in [0, 0.1) is 11.7 Å². The summed E-state index contributed by atoms with van der Waals surface area (Å²) >= 11 is 1.50. The zero-order valence-electron chi connectivity index (χ0n) is 13.9. The topological polar surface area (TPSA) is 66.4 Å². The van der Waals surface area contributed by atoms with Gasteiger partial charge in [0.2, 0.25) is 5.91 Å². The Bertz CT molecular complexity index is 734. The summed E-state index contributed by atoms with van der Waals surface area (Å²) in [5.41, 5.74) is 1.53. The van der Waals surface area contributed by atoms with E-state index in [1.807, 2.05) is 13.0 Å². The lowest BCUT2D eigenvalue weighted by molar-refractivity contribution is -0.137. The zero-order valence-corrected chi connectivity index (χ0v) is 14.7. The fraction of sp³-hybridized carbons (Fsp3) is 0.263. The van der Waals surface area contributed by atoms with E-state index >= 15 is 0 Å². The molecule has 1 unspecified atom stereocenters. The summed E-state index contributed by atoms with van der Waals surface area (Å²) in [6.45, 7) is 1.83. The molecule has 132 valence electrons. The number of carboxylic acid groups (broad SMARTS) is 1. The number of thioether (sulfide) groups is 1. The van der Waals surface area contributed by atoms with Crippen molar-refractivity contribution in [2.24, 2.45) is 5.92 Å². The average molecular weight is 361 g/mol. The van der Waals surface area contributed by atoms with Crippen molar-refractivity contribution in [3.8, 4) is 0 Å². The second kappa shape index (κ2) is 9.22. The first kappa shape index (κ1) is 19.0. The molecular formula is C19H20FNO3S. The van der Waals surface area contributed by atoms with Crippen molar-refractivity contribution in [2.75, 3.05) is 11.1 Å². The summed E-state index contributed by atoms with van der Waals surface area (Å²) in [7, 11) is 0. The molecule has 0 saturated carbocycles. The first-order valence-electron chi connectivity index (χ1n) is 7.94. The highest BCUT2D eigenvalue weighted by Crippen LogP contribution is 2.22. The molecule has 0 heterocycles. The van der Waals surface area contributed by atoms with Gasteiger partial charge in [0, 0.05) is 28.7 Å². The van der Waals surface area contributed by atoms with Crippen molar-refractivity contribution >= 4 is 29.3 Å². The molecule has 0 saturated heterocycles. The van der Waals surface area contributed by atoms with Gasteiger partial charge in [-0.3, -0.25) is 9.59 Å². The van der Waals surface area contributed by atoms with Gasteiger partial charge in [-0.25, -0.2) is 4.39 Å². The van der Waals surface area contributed by atoms with E-state index in [2.05, 4.69) is 5.32 Å². The molecule has 2 aromatic carbocycles. The van der Waals surface area contributed by atoms with Crippen molar-refractivity contribution in [3.63, 3.8) is 0 Å². The van der Waals surface area contributed by atoms with E-state index in [1.165, 1.54) is 23.9 Å². The number of benzene rings is 2. The van der Waals surface area contributed by atoms with Crippen LogP contribution >= 0.6 is 11.8 Å². The van der Waals surface area contributed by atoms with E-state index in [4.69, 9.17) is 5.11 Å². The van der Waals surface area contributed by atoms with Crippen molar-refractivity contribution in [1.29, 1.82) is 0 Å². The molecule has 0 aliphatic heterocycles. The van der Waals surface area contributed by atoms with Gasteiger partial charge in [-0.1, -0.05) is 19.1 Å². The van der Waals surface area contributed by atoms with Gasteiger partial charge >= 0.3 is 5.97 Å². The predicted molar refractivity (Wildman–Crippen MR) is 97.3 cm³/mol. The van der Waals surface area contributed by atoms with Gasteiger partial charge in [0.25, 0.3) is 0 Å². The van der Waals surface area contributed by atoms with Crippen LogP contribution in [0.15, 0.2) is 53.4 Å². The summed E-state index contributed by atoms with van der Waals surface area (Å²) in [4.78, 5) is 23.8. The summed E-state index contributed by atoms with van der Waals surface area (Å²) in [6.07, 6.45) is 0.483. The van der Waals surface area contributed by atoms with Gasteiger partial charge < -0.3 is 10.4 Å². The molecular weight excluding hydrogens is 341 g/mol. The molecule has 2 aromatic rings. The summed E-state index contributed by atoms with van der Waals surface area (Å²) in [5, 5.41) is 11.6. The molecule has 1 amide bonds. The minimum Gasteiger partial charge on any atom is -0.481 e. The normalized spacial score (nSPS) is 11.8. The number of hydrogen-bond donors (Lipinski definition) is 2. The first-order valence-corrected chi connectivity index (χ1v) is 8.92. The molecule has 0 spiro atoms. The molecule has 2 N–H and O–H groups in total. The molecule has 0 aliphatic rings. The maximum absolute atomic E-state index is 12.9. The fourth-order valence-electron chi connectivity index (χ4n) is 2.15. The highest BCUT2D eigenvalue weighted by molar-refractivity contribution is 7.99. The van der Waals surface area contributed by atoms with Crippen LogP contribution in [0.2, 0.25) is 0 Å². The molecule has 2 rings (SSSR count). The van der Waals surface area contributed by atoms with Crippen LogP contribution in [0.3, 0.4) is 0 Å². The van der Waals surface area contributed by atoms with E-state index in [-0.39, 0.29) is 24.1 Å². The minimum absolute atomic E-state index is 0.0577. The Hall–Kier alpha value is -2.34. The number of halogens is 1. The Balaban J connectivity index is 1.86. The summed E-state index contributed by atoms with van der Waals surface area (Å²) in [5.74, 6) is -0.877. The van der Waals surface area contributed by atoms with Crippen LogP contribution in [0.25, 0.3) is 0 Å². The van der Waals surface area contributed by atoms with Gasteiger partial charge in [0.1, 0.15) is 5.82 Å². The lowest BCUT2D eigenvalue weighted by Gasteiger charge is -2.13. The molecule has 6 heteroatoms. The number of carbonyl (C=O) groups excluding carboxylic acids is 1. The maximum atomic E-state index is 12.9. The highest BCUT2D eigenvalue weighted by atomic mass is 32.2. The monoisotopic (exact) mass is 361 g/mol. The largest absolute Gasteiger partial charge is 0.481 e. The van der Waals surface area contributed by atoms with E-state index < -0.39 is 5.97 Å². The predicted octanol–water partition coefficient (Wildman–Crippen LogP) is 4.21. The third-order valence-electron chi connectivity index (χ3n) is 3.58. The highest BCUT2D eigenvalue weighted by Gasteiger charge is 2.14. The van der Waals surface area contributed by atoms with Crippen molar-refractivity contribution in [3.05, 3.63) is 59.9 Å². The van der Waals surface area contributed by atoms with E-state index in [1.54, 1.807) is 30.3 Å². The number of amides is 1. The molecule has 1 atom stereocenters. The Kier molecular flexibility index (Phi) is 7.01. The third-order valence-corrected chi connectivity index (χ3v) is 4.86.